The molecular formula is C34H51N5O8S. The topological polar surface area (TPSA) is 189 Å². The highest BCUT2D eigenvalue weighted by Gasteiger charge is 2.35. The van der Waals surface area contributed by atoms with E-state index in [0.717, 1.165) is 10.5 Å². The molecule has 14 heteroatoms. The Balaban J connectivity index is 2.41. The molecule has 3 amide bonds. The lowest BCUT2D eigenvalue weighted by Crippen LogP contribution is -2.58. The van der Waals surface area contributed by atoms with Gasteiger partial charge in [-0.1, -0.05) is 81.7 Å². The fourth-order valence-electron chi connectivity index (χ4n) is 5.04. The molecule has 0 unspecified atom stereocenters. The van der Waals surface area contributed by atoms with Crippen molar-refractivity contribution in [2.24, 2.45) is 17.0 Å². The molecule has 2 rings (SSSR count). The van der Waals surface area contributed by atoms with Crippen LogP contribution in [0.15, 0.2) is 64.6 Å². The van der Waals surface area contributed by atoms with Crippen molar-refractivity contribution in [3.05, 3.63) is 65.7 Å². The molecule has 0 saturated carbocycles. The summed E-state index contributed by atoms with van der Waals surface area (Å²) < 4.78 is 28.8. The number of aliphatic hydroxyl groups excluding tert-OH is 1. The number of sulfonamides is 1. The van der Waals surface area contributed by atoms with E-state index < -0.39 is 58.2 Å². The zero-order chi connectivity index (χ0) is 36.2. The van der Waals surface area contributed by atoms with E-state index in [9.17, 15) is 33.0 Å². The first-order valence-corrected chi connectivity index (χ1v) is 17.4. The SMILES string of the molecule is CC[C@H](C)[C@H](NC(=O)CN(C(=O)O)C(C)(C)C)C(=O)N[C@@H](Cc1ccccc1)[C@H](O)CN(CC(C)C)S(=O)(=O)c1ccc(/C=N/O)cc1. The first-order chi connectivity index (χ1) is 22.4. The van der Waals surface area contributed by atoms with Crippen molar-refractivity contribution in [3.8, 4) is 0 Å². The molecule has 48 heavy (non-hydrogen) atoms. The van der Waals surface area contributed by atoms with Crippen LogP contribution in [0.25, 0.3) is 0 Å². The molecule has 0 radical (unpaired) electrons. The van der Waals surface area contributed by atoms with E-state index in [1.54, 1.807) is 27.7 Å². The van der Waals surface area contributed by atoms with E-state index in [1.165, 1.54) is 34.8 Å². The van der Waals surface area contributed by atoms with Gasteiger partial charge < -0.3 is 26.1 Å². The number of carbonyl (C=O) groups excluding carboxylic acids is 2. The summed E-state index contributed by atoms with van der Waals surface area (Å²) in [6.07, 6.45) is -0.791. The number of amides is 3. The first kappa shape index (κ1) is 40.2. The smallest absolute Gasteiger partial charge is 0.408 e. The summed E-state index contributed by atoms with van der Waals surface area (Å²) in [4.78, 5) is 39.7. The number of benzene rings is 2. The van der Waals surface area contributed by atoms with Gasteiger partial charge in [-0.25, -0.2) is 13.2 Å². The lowest BCUT2D eigenvalue weighted by atomic mass is 9.96. The number of aliphatic hydroxyl groups is 1. The normalized spacial score (nSPS) is 14.8. The Kier molecular flexibility index (Phi) is 15.0. The van der Waals surface area contributed by atoms with Gasteiger partial charge in [0, 0.05) is 18.6 Å². The third kappa shape index (κ3) is 11.9. The van der Waals surface area contributed by atoms with Crippen LogP contribution in [0.4, 0.5) is 4.79 Å². The molecule has 0 aliphatic carbocycles. The van der Waals surface area contributed by atoms with Crippen molar-refractivity contribution in [2.45, 2.75) is 89.9 Å². The minimum Gasteiger partial charge on any atom is -0.465 e. The number of hydrogen-bond acceptors (Lipinski definition) is 8. The van der Waals surface area contributed by atoms with Crippen LogP contribution in [0.2, 0.25) is 0 Å². The number of nitrogens with one attached hydrogen (secondary N) is 2. The maximum Gasteiger partial charge on any atom is 0.408 e. The second-order valence-electron chi connectivity index (χ2n) is 13.4. The van der Waals surface area contributed by atoms with Crippen molar-refractivity contribution in [1.82, 2.24) is 19.8 Å². The van der Waals surface area contributed by atoms with Crippen molar-refractivity contribution < 1.29 is 38.2 Å². The summed E-state index contributed by atoms with van der Waals surface area (Å²) >= 11 is 0. The van der Waals surface area contributed by atoms with Crippen LogP contribution in [0.5, 0.6) is 0 Å². The molecule has 0 aliphatic heterocycles. The second kappa shape index (κ2) is 17.9. The largest absolute Gasteiger partial charge is 0.465 e. The standard InChI is InChI=1S/C34H51N5O8S/c1-8-24(4)31(37-30(41)22-39(33(43)44)34(5,6)7)32(42)36-28(18-25-12-10-9-11-13-25)29(40)21-38(20-23(2)3)48(46,47)27-16-14-26(15-17-27)19-35-45/h9-17,19,23-24,28-29,31,40,45H,8,18,20-22H2,1-7H3,(H,36,42)(H,37,41)(H,43,44)/b35-19+/t24-,28-,29+,31-/m0/s1. The highest BCUT2D eigenvalue weighted by atomic mass is 32.2. The van der Waals surface area contributed by atoms with Crippen LogP contribution in [-0.2, 0) is 26.0 Å². The minimum atomic E-state index is -4.09. The molecule has 0 aliphatic rings. The van der Waals surface area contributed by atoms with E-state index in [4.69, 9.17) is 5.21 Å². The van der Waals surface area contributed by atoms with Crippen molar-refractivity contribution in [3.63, 3.8) is 0 Å². The van der Waals surface area contributed by atoms with Gasteiger partial charge in [0.05, 0.1) is 23.3 Å². The highest BCUT2D eigenvalue weighted by Crippen LogP contribution is 2.20. The van der Waals surface area contributed by atoms with E-state index in [0.29, 0.717) is 12.0 Å². The molecule has 2 aromatic carbocycles. The van der Waals surface area contributed by atoms with Crippen LogP contribution in [-0.4, -0.2) is 101 Å². The number of oxime groups is 1. The molecule has 2 aromatic rings. The van der Waals surface area contributed by atoms with Crippen LogP contribution in [0, 0.1) is 11.8 Å². The van der Waals surface area contributed by atoms with Gasteiger partial charge in [0.15, 0.2) is 0 Å². The van der Waals surface area contributed by atoms with E-state index in [-0.39, 0.29) is 36.2 Å². The Labute approximate surface area is 284 Å². The predicted octanol–water partition coefficient (Wildman–Crippen LogP) is 3.54. The average molecular weight is 690 g/mol. The fraction of sp³-hybridized carbons (Fsp3) is 0.529. The van der Waals surface area contributed by atoms with Crippen molar-refractivity contribution in [1.29, 1.82) is 0 Å². The molecule has 0 spiro atoms. The molecule has 0 bridgehead atoms. The van der Waals surface area contributed by atoms with Gasteiger partial charge in [-0.2, -0.15) is 4.31 Å². The maximum absolute atomic E-state index is 13.8. The first-order valence-electron chi connectivity index (χ1n) is 16.0. The minimum absolute atomic E-state index is 0.0145. The van der Waals surface area contributed by atoms with Crippen LogP contribution in [0.3, 0.4) is 0 Å². The number of rotatable bonds is 17. The lowest BCUT2D eigenvalue weighted by molar-refractivity contribution is -0.132. The molecule has 13 nitrogen and oxygen atoms in total. The van der Waals surface area contributed by atoms with E-state index in [1.807, 2.05) is 51.1 Å². The Morgan fingerprint density at radius 1 is 0.958 bits per heavy atom. The molecule has 4 atom stereocenters. The summed E-state index contributed by atoms with van der Waals surface area (Å²) in [5.41, 5.74) is 0.419. The second-order valence-corrected chi connectivity index (χ2v) is 15.3. The third-order valence-corrected chi connectivity index (χ3v) is 9.77. The van der Waals surface area contributed by atoms with Gasteiger partial charge in [0.1, 0.15) is 12.6 Å². The van der Waals surface area contributed by atoms with Crippen LogP contribution < -0.4 is 10.6 Å². The van der Waals surface area contributed by atoms with Gasteiger partial charge in [0.25, 0.3) is 0 Å². The highest BCUT2D eigenvalue weighted by molar-refractivity contribution is 7.89. The van der Waals surface area contributed by atoms with Crippen LogP contribution in [0.1, 0.15) is 66.0 Å². The summed E-state index contributed by atoms with van der Waals surface area (Å²) in [7, 11) is -4.09. The summed E-state index contributed by atoms with van der Waals surface area (Å²) in [6, 6.07) is 12.9. The molecule has 0 saturated heterocycles. The molecule has 266 valence electrons. The molecule has 0 fully saturated rings. The zero-order valence-electron chi connectivity index (χ0n) is 28.8. The fourth-order valence-corrected chi connectivity index (χ4v) is 6.66. The van der Waals surface area contributed by atoms with E-state index in [2.05, 4.69) is 15.8 Å². The van der Waals surface area contributed by atoms with Crippen molar-refractivity contribution in [2.75, 3.05) is 19.6 Å². The Morgan fingerprint density at radius 3 is 2.06 bits per heavy atom. The average Bonchev–Trinajstić information content (AvgIpc) is 3.01. The van der Waals surface area contributed by atoms with Gasteiger partial charge in [-0.3, -0.25) is 14.5 Å². The summed E-state index contributed by atoms with van der Waals surface area (Å²) in [6.45, 7) is 11.6. The predicted molar refractivity (Wildman–Crippen MR) is 183 cm³/mol. The third-order valence-electron chi connectivity index (χ3n) is 7.93. The van der Waals surface area contributed by atoms with Gasteiger partial charge >= 0.3 is 6.09 Å². The Hall–Kier alpha value is -4.01. The maximum atomic E-state index is 13.8. The van der Waals surface area contributed by atoms with E-state index >= 15 is 0 Å². The molecular weight excluding hydrogens is 638 g/mol. The Morgan fingerprint density at radius 2 is 1.56 bits per heavy atom. The Bertz CT molecular complexity index is 1480. The van der Waals surface area contributed by atoms with Gasteiger partial charge in [-0.05, 0) is 62.3 Å². The van der Waals surface area contributed by atoms with Crippen molar-refractivity contribution >= 4 is 34.1 Å². The summed E-state index contributed by atoms with van der Waals surface area (Å²) in [5, 5.41) is 38.6. The number of carbonyl (C=O) groups is 3. The number of carboxylic acid groups (broad SMARTS) is 1. The summed E-state index contributed by atoms with van der Waals surface area (Å²) in [5.74, 6) is -1.69. The zero-order valence-corrected chi connectivity index (χ0v) is 29.6. The number of nitrogens with zero attached hydrogens (tertiary/aromatic N) is 3. The lowest BCUT2D eigenvalue weighted by Gasteiger charge is -2.34. The molecule has 0 aromatic heterocycles. The van der Waals surface area contributed by atoms with Gasteiger partial charge in [0.2, 0.25) is 21.8 Å². The molecule has 5 N–H and O–H groups in total. The van der Waals surface area contributed by atoms with Gasteiger partial charge in [-0.15, -0.1) is 0 Å². The quantitative estimate of drug-likeness (QED) is 0.0947. The number of hydrogen-bond donors (Lipinski definition) is 5. The molecule has 0 heterocycles. The monoisotopic (exact) mass is 689 g/mol. The van der Waals surface area contributed by atoms with Crippen LogP contribution >= 0.6 is 0 Å².